The molecule has 0 aliphatic heterocycles. The maximum Gasteiger partial charge on any atom is 0.341 e. The zero-order valence-electron chi connectivity index (χ0n) is 12.8. The van der Waals surface area contributed by atoms with E-state index in [1.165, 1.54) is 0 Å². The van der Waals surface area contributed by atoms with Crippen molar-refractivity contribution in [3.8, 4) is 5.75 Å². The van der Waals surface area contributed by atoms with Crippen LogP contribution in [0.15, 0.2) is 16.9 Å². The third kappa shape index (κ3) is 2.36. The van der Waals surface area contributed by atoms with Gasteiger partial charge < -0.3 is 14.4 Å². The molecule has 0 radical (unpaired) electrons. The number of carboxylic acid groups (broad SMARTS) is 1. The number of benzene rings is 1. The van der Waals surface area contributed by atoms with Gasteiger partial charge in [-0.05, 0) is 55.9 Å². The molecule has 1 heterocycles. The minimum Gasteiger partial charge on any atom is -0.481 e. The summed E-state index contributed by atoms with van der Waals surface area (Å²) in [5, 5.41) is 9.77. The van der Waals surface area contributed by atoms with Gasteiger partial charge in [-0.3, -0.25) is 4.79 Å². The lowest BCUT2D eigenvalue weighted by molar-refractivity contribution is -0.139. The number of rotatable bonds is 3. The molecular formula is C17H19NO4. The van der Waals surface area contributed by atoms with Crippen molar-refractivity contribution in [1.29, 1.82) is 0 Å². The predicted octanol–water partition coefficient (Wildman–Crippen LogP) is 2.19. The summed E-state index contributed by atoms with van der Waals surface area (Å²) in [6.45, 7) is 1.53. The van der Waals surface area contributed by atoms with Crippen molar-refractivity contribution in [3.05, 3.63) is 39.2 Å². The van der Waals surface area contributed by atoms with Crippen molar-refractivity contribution in [3.63, 3.8) is 0 Å². The van der Waals surface area contributed by atoms with Crippen LogP contribution in [0.2, 0.25) is 0 Å². The number of carbonyl (C=O) groups is 1. The molecule has 1 N–H and O–H groups in total. The SMILES string of the molecule is Cc1cc(OCC(=O)O)c2c3c(c(=O)n(C)c2c1)CCCC3. The Kier molecular flexibility index (Phi) is 3.64. The van der Waals surface area contributed by atoms with E-state index in [0.29, 0.717) is 5.75 Å². The van der Waals surface area contributed by atoms with Crippen LogP contribution in [0.3, 0.4) is 0 Å². The van der Waals surface area contributed by atoms with Gasteiger partial charge in [-0.2, -0.15) is 0 Å². The van der Waals surface area contributed by atoms with Gasteiger partial charge in [-0.1, -0.05) is 0 Å². The van der Waals surface area contributed by atoms with Gasteiger partial charge in [0.1, 0.15) is 5.75 Å². The third-order valence-electron chi connectivity index (χ3n) is 4.27. The quantitative estimate of drug-likeness (QED) is 0.943. The van der Waals surface area contributed by atoms with Gasteiger partial charge in [0.25, 0.3) is 5.56 Å². The number of fused-ring (bicyclic) bond motifs is 3. The Balaban J connectivity index is 2.33. The van der Waals surface area contributed by atoms with Crippen molar-refractivity contribution >= 4 is 16.9 Å². The Morgan fingerprint density at radius 3 is 2.64 bits per heavy atom. The monoisotopic (exact) mass is 301 g/mol. The Morgan fingerprint density at radius 2 is 1.95 bits per heavy atom. The molecule has 0 saturated heterocycles. The molecule has 5 heteroatoms. The maximum absolute atomic E-state index is 12.5. The minimum absolute atomic E-state index is 0.0528. The van der Waals surface area contributed by atoms with Crippen LogP contribution in [-0.2, 0) is 24.7 Å². The highest BCUT2D eigenvalue weighted by Gasteiger charge is 2.21. The molecule has 0 fully saturated rings. The van der Waals surface area contributed by atoms with Gasteiger partial charge in [-0.25, -0.2) is 4.79 Å². The molecule has 2 aromatic rings. The zero-order chi connectivity index (χ0) is 15.9. The van der Waals surface area contributed by atoms with Gasteiger partial charge in [0.2, 0.25) is 0 Å². The van der Waals surface area contributed by atoms with Gasteiger partial charge in [0, 0.05) is 18.0 Å². The number of aliphatic carboxylic acids is 1. The lowest BCUT2D eigenvalue weighted by atomic mass is 9.89. The summed E-state index contributed by atoms with van der Waals surface area (Å²) in [5.74, 6) is -0.445. The van der Waals surface area contributed by atoms with Crippen LogP contribution in [0.4, 0.5) is 0 Å². The molecule has 5 nitrogen and oxygen atoms in total. The van der Waals surface area contributed by atoms with Crippen LogP contribution < -0.4 is 10.3 Å². The highest BCUT2D eigenvalue weighted by Crippen LogP contribution is 2.34. The van der Waals surface area contributed by atoms with Crippen LogP contribution in [0.25, 0.3) is 10.9 Å². The van der Waals surface area contributed by atoms with Crippen LogP contribution in [0.5, 0.6) is 5.75 Å². The average Bonchev–Trinajstić information content (AvgIpc) is 2.50. The highest BCUT2D eigenvalue weighted by atomic mass is 16.5. The number of carboxylic acids is 1. The number of ether oxygens (including phenoxy) is 1. The molecule has 0 amide bonds. The smallest absolute Gasteiger partial charge is 0.341 e. The molecule has 1 aliphatic rings. The second-order valence-electron chi connectivity index (χ2n) is 5.87. The van der Waals surface area contributed by atoms with Gasteiger partial charge in [0.15, 0.2) is 6.61 Å². The second-order valence-corrected chi connectivity index (χ2v) is 5.87. The average molecular weight is 301 g/mol. The molecule has 0 spiro atoms. The Hall–Kier alpha value is -2.30. The van der Waals surface area contributed by atoms with Gasteiger partial charge in [-0.15, -0.1) is 0 Å². The zero-order valence-corrected chi connectivity index (χ0v) is 12.8. The van der Waals surface area contributed by atoms with Crippen molar-refractivity contribution in [1.82, 2.24) is 4.57 Å². The van der Waals surface area contributed by atoms with Gasteiger partial charge in [0.05, 0.1) is 5.52 Å². The first-order valence-electron chi connectivity index (χ1n) is 7.48. The maximum atomic E-state index is 12.5. The molecular weight excluding hydrogens is 282 g/mol. The van der Waals surface area contributed by atoms with E-state index in [4.69, 9.17) is 9.84 Å². The molecule has 1 aliphatic carbocycles. The molecule has 22 heavy (non-hydrogen) atoms. The van der Waals surface area contributed by atoms with E-state index in [-0.39, 0.29) is 12.2 Å². The van der Waals surface area contributed by atoms with E-state index in [0.717, 1.165) is 53.3 Å². The van der Waals surface area contributed by atoms with Gasteiger partial charge >= 0.3 is 5.97 Å². The van der Waals surface area contributed by atoms with E-state index < -0.39 is 5.97 Å². The van der Waals surface area contributed by atoms with E-state index in [9.17, 15) is 9.59 Å². The Bertz CT molecular complexity index is 820. The molecule has 0 unspecified atom stereocenters. The second kappa shape index (κ2) is 5.48. The summed E-state index contributed by atoms with van der Waals surface area (Å²) in [6.07, 6.45) is 3.69. The van der Waals surface area contributed by atoms with E-state index in [2.05, 4.69) is 0 Å². The van der Waals surface area contributed by atoms with Crippen molar-refractivity contribution in [2.45, 2.75) is 32.6 Å². The fourth-order valence-corrected chi connectivity index (χ4v) is 3.28. The summed E-state index contributed by atoms with van der Waals surface area (Å²) in [6, 6.07) is 3.81. The molecule has 3 rings (SSSR count). The highest BCUT2D eigenvalue weighted by molar-refractivity contribution is 5.91. The first-order valence-corrected chi connectivity index (χ1v) is 7.48. The van der Waals surface area contributed by atoms with Crippen molar-refractivity contribution < 1.29 is 14.6 Å². The van der Waals surface area contributed by atoms with E-state index in [1.807, 2.05) is 19.1 Å². The molecule has 0 atom stereocenters. The number of hydrogen-bond acceptors (Lipinski definition) is 3. The molecule has 116 valence electrons. The molecule has 0 saturated carbocycles. The number of pyridine rings is 1. The lowest BCUT2D eigenvalue weighted by Crippen LogP contribution is -2.26. The number of aryl methyl sites for hydroxylation is 3. The molecule has 1 aromatic heterocycles. The fraction of sp³-hybridized carbons (Fsp3) is 0.412. The number of nitrogens with zero attached hydrogens (tertiary/aromatic N) is 1. The first-order chi connectivity index (χ1) is 10.5. The molecule has 1 aromatic carbocycles. The van der Waals surface area contributed by atoms with Crippen LogP contribution in [-0.4, -0.2) is 22.2 Å². The summed E-state index contributed by atoms with van der Waals surface area (Å²) < 4.78 is 7.16. The Morgan fingerprint density at radius 1 is 1.27 bits per heavy atom. The van der Waals surface area contributed by atoms with Crippen LogP contribution in [0.1, 0.15) is 29.5 Å². The lowest BCUT2D eigenvalue weighted by Gasteiger charge is -2.21. The molecule has 0 bridgehead atoms. The summed E-state index contributed by atoms with van der Waals surface area (Å²) >= 11 is 0. The van der Waals surface area contributed by atoms with Crippen LogP contribution in [0, 0.1) is 6.92 Å². The van der Waals surface area contributed by atoms with E-state index in [1.54, 1.807) is 11.6 Å². The largest absolute Gasteiger partial charge is 0.481 e. The summed E-state index contributed by atoms with van der Waals surface area (Å²) in [5.41, 5.74) is 3.69. The normalized spacial score (nSPS) is 13.9. The fourth-order valence-electron chi connectivity index (χ4n) is 3.28. The Labute approximate surface area is 128 Å². The van der Waals surface area contributed by atoms with Crippen molar-refractivity contribution in [2.24, 2.45) is 7.05 Å². The summed E-state index contributed by atoms with van der Waals surface area (Å²) in [7, 11) is 1.76. The predicted molar refractivity (Wildman–Crippen MR) is 83.7 cm³/mol. The van der Waals surface area contributed by atoms with E-state index >= 15 is 0 Å². The minimum atomic E-state index is -1.01. The first kappa shape index (κ1) is 14.6. The number of aromatic nitrogens is 1. The third-order valence-corrected chi connectivity index (χ3v) is 4.27. The number of hydrogen-bond donors (Lipinski definition) is 1. The van der Waals surface area contributed by atoms with Crippen molar-refractivity contribution in [2.75, 3.05) is 6.61 Å². The standard InChI is InChI=1S/C17H19NO4/c1-10-7-13-16(14(8-10)22-9-15(19)20)11-5-3-4-6-12(11)17(21)18(13)2/h7-8H,3-6,9H2,1-2H3,(H,19,20). The summed E-state index contributed by atoms with van der Waals surface area (Å²) in [4.78, 5) is 23.4. The van der Waals surface area contributed by atoms with Crippen LogP contribution >= 0.6 is 0 Å². The topological polar surface area (TPSA) is 68.5 Å².